The lowest BCUT2D eigenvalue weighted by atomic mass is 9.94. The van der Waals surface area contributed by atoms with Gasteiger partial charge in [-0.2, -0.15) is 0 Å². The molecule has 0 aromatic carbocycles. The van der Waals surface area contributed by atoms with E-state index in [4.69, 9.17) is 5.11 Å². The first-order valence-electron chi connectivity index (χ1n) is 5.66. The first-order valence-corrected chi connectivity index (χ1v) is 5.66. The molecule has 0 saturated heterocycles. The van der Waals surface area contributed by atoms with Crippen LogP contribution >= 0.6 is 0 Å². The molecule has 0 unspecified atom stereocenters. The molecule has 1 amide bonds. The molecule has 4 nitrogen and oxygen atoms in total. The van der Waals surface area contributed by atoms with Gasteiger partial charge in [-0.3, -0.25) is 9.59 Å². The Morgan fingerprint density at radius 2 is 1.87 bits per heavy atom. The van der Waals surface area contributed by atoms with Crippen LogP contribution in [0.15, 0.2) is 0 Å². The summed E-state index contributed by atoms with van der Waals surface area (Å²) in [7, 11) is 0. The molecule has 1 aliphatic rings. The lowest BCUT2D eigenvalue weighted by Gasteiger charge is -2.33. The monoisotopic (exact) mass is 213 g/mol. The zero-order valence-electron chi connectivity index (χ0n) is 9.24. The topological polar surface area (TPSA) is 57.6 Å². The number of carbonyl (C=O) groups is 2. The van der Waals surface area contributed by atoms with Gasteiger partial charge in [0.25, 0.3) is 0 Å². The summed E-state index contributed by atoms with van der Waals surface area (Å²) >= 11 is 0. The molecule has 0 aromatic rings. The third-order valence-electron chi connectivity index (χ3n) is 2.94. The molecule has 0 radical (unpaired) electrons. The van der Waals surface area contributed by atoms with E-state index in [9.17, 15) is 9.59 Å². The standard InChI is InChI=1S/C11H19NO3/c1-2-10(13)12(8-11(14)15)9-6-4-3-5-7-9/h9H,2-8H2,1H3,(H,14,15). The minimum atomic E-state index is -0.914. The van der Waals surface area contributed by atoms with Crippen molar-refractivity contribution in [3.05, 3.63) is 0 Å². The van der Waals surface area contributed by atoms with Crippen molar-refractivity contribution in [2.45, 2.75) is 51.5 Å². The van der Waals surface area contributed by atoms with E-state index < -0.39 is 5.97 Å². The number of amides is 1. The van der Waals surface area contributed by atoms with E-state index >= 15 is 0 Å². The molecule has 0 heterocycles. The van der Waals surface area contributed by atoms with Crippen LogP contribution in [0, 0.1) is 0 Å². The molecule has 0 aliphatic heterocycles. The number of hydrogen-bond acceptors (Lipinski definition) is 2. The summed E-state index contributed by atoms with van der Waals surface area (Å²) < 4.78 is 0. The number of aliphatic carboxylic acids is 1. The molecule has 0 spiro atoms. The number of carboxylic acid groups (broad SMARTS) is 1. The van der Waals surface area contributed by atoms with Crippen molar-refractivity contribution in [1.82, 2.24) is 4.90 Å². The van der Waals surface area contributed by atoms with Crippen molar-refractivity contribution >= 4 is 11.9 Å². The molecule has 1 rings (SSSR count). The lowest BCUT2D eigenvalue weighted by Crippen LogP contribution is -2.44. The SMILES string of the molecule is CCC(=O)N(CC(=O)O)C1CCCCC1. The Bertz CT molecular complexity index is 234. The Kier molecular flexibility index (Phi) is 4.59. The van der Waals surface area contributed by atoms with Crippen molar-refractivity contribution in [2.75, 3.05) is 6.54 Å². The fourth-order valence-electron chi connectivity index (χ4n) is 2.16. The number of carboxylic acids is 1. The Morgan fingerprint density at radius 1 is 1.27 bits per heavy atom. The number of rotatable bonds is 4. The van der Waals surface area contributed by atoms with Crippen LogP contribution < -0.4 is 0 Å². The largest absolute Gasteiger partial charge is 0.480 e. The molecule has 1 saturated carbocycles. The minimum Gasteiger partial charge on any atom is -0.480 e. The Balaban J connectivity index is 2.60. The first-order chi connectivity index (χ1) is 7.15. The maximum atomic E-state index is 11.6. The summed E-state index contributed by atoms with van der Waals surface area (Å²) in [5.74, 6) is -0.952. The lowest BCUT2D eigenvalue weighted by molar-refractivity contribution is -0.146. The highest BCUT2D eigenvalue weighted by Crippen LogP contribution is 2.22. The highest BCUT2D eigenvalue weighted by molar-refractivity contribution is 5.81. The molecule has 0 aromatic heterocycles. The Hall–Kier alpha value is -1.06. The van der Waals surface area contributed by atoms with E-state index in [1.54, 1.807) is 11.8 Å². The van der Waals surface area contributed by atoms with Crippen LogP contribution in [0.2, 0.25) is 0 Å². The predicted molar refractivity (Wildman–Crippen MR) is 56.5 cm³/mol. The van der Waals surface area contributed by atoms with Crippen LogP contribution in [0.5, 0.6) is 0 Å². The van der Waals surface area contributed by atoms with E-state index in [2.05, 4.69) is 0 Å². The minimum absolute atomic E-state index is 0.0377. The van der Waals surface area contributed by atoms with Crippen LogP contribution in [-0.4, -0.2) is 34.5 Å². The van der Waals surface area contributed by atoms with Crippen molar-refractivity contribution < 1.29 is 14.7 Å². The van der Waals surface area contributed by atoms with Gasteiger partial charge in [-0.1, -0.05) is 26.2 Å². The Morgan fingerprint density at radius 3 is 2.33 bits per heavy atom. The van der Waals surface area contributed by atoms with Gasteiger partial charge in [0.1, 0.15) is 6.54 Å². The second-order valence-corrected chi connectivity index (χ2v) is 4.06. The van der Waals surface area contributed by atoms with Gasteiger partial charge in [0.2, 0.25) is 5.91 Å². The summed E-state index contributed by atoms with van der Waals surface area (Å²) in [5.41, 5.74) is 0. The Labute approximate surface area is 90.3 Å². The van der Waals surface area contributed by atoms with Crippen molar-refractivity contribution in [3.63, 3.8) is 0 Å². The van der Waals surface area contributed by atoms with Crippen LogP contribution in [0.1, 0.15) is 45.4 Å². The number of hydrogen-bond donors (Lipinski definition) is 1. The van der Waals surface area contributed by atoms with E-state index in [0.717, 1.165) is 25.7 Å². The normalized spacial score (nSPS) is 17.4. The second-order valence-electron chi connectivity index (χ2n) is 4.06. The van der Waals surface area contributed by atoms with Crippen LogP contribution in [0.25, 0.3) is 0 Å². The van der Waals surface area contributed by atoms with Gasteiger partial charge < -0.3 is 10.0 Å². The van der Waals surface area contributed by atoms with Crippen LogP contribution in [0.3, 0.4) is 0 Å². The number of nitrogens with zero attached hydrogens (tertiary/aromatic N) is 1. The third-order valence-corrected chi connectivity index (χ3v) is 2.94. The molecule has 4 heteroatoms. The van der Waals surface area contributed by atoms with E-state index in [1.807, 2.05) is 0 Å². The summed E-state index contributed by atoms with van der Waals surface area (Å²) in [6.07, 6.45) is 5.73. The van der Waals surface area contributed by atoms with E-state index in [0.29, 0.717) is 6.42 Å². The van der Waals surface area contributed by atoms with Gasteiger partial charge in [-0.05, 0) is 12.8 Å². The third kappa shape index (κ3) is 3.53. The summed E-state index contributed by atoms with van der Waals surface area (Å²) in [6.45, 7) is 1.64. The predicted octanol–water partition coefficient (Wildman–Crippen LogP) is 1.64. The molecule has 1 fully saturated rings. The fraction of sp³-hybridized carbons (Fsp3) is 0.818. The molecule has 1 aliphatic carbocycles. The van der Waals surface area contributed by atoms with Crippen LogP contribution in [0.4, 0.5) is 0 Å². The second kappa shape index (κ2) is 5.73. The van der Waals surface area contributed by atoms with Crippen molar-refractivity contribution in [2.24, 2.45) is 0 Å². The van der Waals surface area contributed by atoms with Gasteiger partial charge in [0, 0.05) is 12.5 Å². The maximum absolute atomic E-state index is 11.6. The zero-order chi connectivity index (χ0) is 11.3. The summed E-state index contributed by atoms with van der Waals surface area (Å²) in [4.78, 5) is 23.8. The van der Waals surface area contributed by atoms with Gasteiger partial charge in [0.05, 0.1) is 0 Å². The van der Waals surface area contributed by atoms with Crippen molar-refractivity contribution in [3.8, 4) is 0 Å². The highest BCUT2D eigenvalue weighted by Gasteiger charge is 2.25. The molecule has 86 valence electrons. The van der Waals surface area contributed by atoms with Gasteiger partial charge in [0.15, 0.2) is 0 Å². The highest BCUT2D eigenvalue weighted by atomic mass is 16.4. The summed E-state index contributed by atoms with van der Waals surface area (Å²) in [5, 5.41) is 8.77. The van der Waals surface area contributed by atoms with Crippen LogP contribution in [-0.2, 0) is 9.59 Å². The fourth-order valence-corrected chi connectivity index (χ4v) is 2.16. The molecule has 1 N–H and O–H groups in total. The van der Waals surface area contributed by atoms with Gasteiger partial charge in [-0.15, -0.1) is 0 Å². The maximum Gasteiger partial charge on any atom is 0.323 e. The summed E-state index contributed by atoms with van der Waals surface area (Å²) in [6, 6.07) is 0.155. The molecule has 0 atom stereocenters. The molecule has 0 bridgehead atoms. The molecule has 15 heavy (non-hydrogen) atoms. The first kappa shape index (κ1) is 12.0. The quantitative estimate of drug-likeness (QED) is 0.772. The van der Waals surface area contributed by atoms with Gasteiger partial charge >= 0.3 is 5.97 Å². The smallest absolute Gasteiger partial charge is 0.323 e. The van der Waals surface area contributed by atoms with Crippen molar-refractivity contribution in [1.29, 1.82) is 0 Å². The van der Waals surface area contributed by atoms with Gasteiger partial charge in [-0.25, -0.2) is 0 Å². The average Bonchev–Trinajstić information content (AvgIpc) is 2.26. The average molecular weight is 213 g/mol. The number of carbonyl (C=O) groups excluding carboxylic acids is 1. The molecular formula is C11H19NO3. The zero-order valence-corrected chi connectivity index (χ0v) is 9.24. The van der Waals surface area contributed by atoms with E-state index in [-0.39, 0.29) is 18.5 Å². The molecular weight excluding hydrogens is 194 g/mol. The van der Waals surface area contributed by atoms with E-state index in [1.165, 1.54) is 6.42 Å².